The number of rotatable bonds is 3. The van der Waals surface area contributed by atoms with Crippen molar-refractivity contribution < 1.29 is 4.79 Å². The SMILES string of the molecule is Cc1ccc(/C=C2/C[C@H]3CCC(c4ccccc4)(c4ccccc4)CN3C2=O)cc1. The highest BCUT2D eigenvalue weighted by Crippen LogP contribution is 2.45. The average Bonchev–Trinajstić information content (AvgIpc) is 3.11. The number of fused-ring (bicyclic) bond motifs is 1. The minimum atomic E-state index is -0.145. The van der Waals surface area contributed by atoms with Crippen molar-refractivity contribution in [1.82, 2.24) is 4.90 Å². The van der Waals surface area contributed by atoms with Crippen LogP contribution in [-0.4, -0.2) is 23.4 Å². The highest BCUT2D eigenvalue weighted by atomic mass is 16.2. The summed E-state index contributed by atoms with van der Waals surface area (Å²) in [6.07, 6.45) is 5.03. The van der Waals surface area contributed by atoms with E-state index < -0.39 is 0 Å². The zero-order valence-corrected chi connectivity index (χ0v) is 17.4. The van der Waals surface area contributed by atoms with Gasteiger partial charge in [-0.15, -0.1) is 0 Å². The van der Waals surface area contributed by atoms with E-state index in [1.807, 2.05) is 0 Å². The van der Waals surface area contributed by atoms with Crippen LogP contribution in [0.15, 0.2) is 90.5 Å². The molecule has 0 aliphatic carbocycles. The Kier molecular flexibility index (Phi) is 4.78. The van der Waals surface area contributed by atoms with Crippen LogP contribution in [-0.2, 0) is 10.2 Å². The molecule has 2 aliphatic heterocycles. The molecule has 0 aromatic heterocycles. The van der Waals surface area contributed by atoms with Gasteiger partial charge in [-0.1, -0.05) is 90.5 Å². The third-order valence-electron chi connectivity index (χ3n) is 6.85. The maximum atomic E-state index is 13.4. The number of amides is 1. The lowest BCUT2D eigenvalue weighted by Crippen LogP contribution is -2.50. The second-order valence-electron chi connectivity index (χ2n) is 8.72. The van der Waals surface area contributed by atoms with Crippen molar-refractivity contribution in [2.24, 2.45) is 0 Å². The van der Waals surface area contributed by atoms with Gasteiger partial charge in [0.1, 0.15) is 0 Å². The van der Waals surface area contributed by atoms with Gasteiger partial charge in [0, 0.05) is 23.6 Å². The van der Waals surface area contributed by atoms with Crippen LogP contribution in [0, 0.1) is 6.92 Å². The van der Waals surface area contributed by atoms with E-state index in [1.54, 1.807) is 0 Å². The second kappa shape index (κ2) is 7.60. The Hall–Kier alpha value is -3.13. The van der Waals surface area contributed by atoms with Crippen molar-refractivity contribution in [2.45, 2.75) is 37.6 Å². The molecule has 2 nitrogen and oxygen atoms in total. The molecule has 0 N–H and O–H groups in total. The van der Waals surface area contributed by atoms with Crippen LogP contribution in [0.5, 0.6) is 0 Å². The Balaban J connectivity index is 1.50. The second-order valence-corrected chi connectivity index (χ2v) is 8.72. The summed E-state index contributed by atoms with van der Waals surface area (Å²) in [5, 5.41) is 0. The predicted octanol–water partition coefficient (Wildman–Crippen LogP) is 5.76. The van der Waals surface area contributed by atoms with Crippen molar-refractivity contribution in [3.05, 3.63) is 113 Å². The smallest absolute Gasteiger partial charge is 0.250 e. The van der Waals surface area contributed by atoms with Crippen LogP contribution in [0.25, 0.3) is 6.08 Å². The van der Waals surface area contributed by atoms with Crippen LogP contribution in [0.2, 0.25) is 0 Å². The zero-order chi connectivity index (χ0) is 20.6. The van der Waals surface area contributed by atoms with Gasteiger partial charge in [-0.2, -0.15) is 0 Å². The van der Waals surface area contributed by atoms with Gasteiger partial charge in [0.15, 0.2) is 0 Å². The molecule has 2 fully saturated rings. The number of benzene rings is 3. The molecule has 0 radical (unpaired) electrons. The monoisotopic (exact) mass is 393 g/mol. The molecule has 2 heterocycles. The number of aryl methyl sites for hydroxylation is 1. The maximum absolute atomic E-state index is 13.4. The number of piperidine rings is 1. The van der Waals surface area contributed by atoms with Crippen molar-refractivity contribution >= 4 is 12.0 Å². The van der Waals surface area contributed by atoms with E-state index in [1.165, 1.54) is 16.7 Å². The molecule has 1 amide bonds. The molecule has 5 rings (SSSR count). The van der Waals surface area contributed by atoms with Crippen molar-refractivity contribution in [3.63, 3.8) is 0 Å². The Morgan fingerprint density at radius 2 is 1.47 bits per heavy atom. The highest BCUT2D eigenvalue weighted by Gasteiger charge is 2.47. The molecule has 0 spiro atoms. The summed E-state index contributed by atoms with van der Waals surface area (Å²) < 4.78 is 0. The van der Waals surface area contributed by atoms with E-state index in [0.717, 1.165) is 36.9 Å². The van der Waals surface area contributed by atoms with E-state index in [2.05, 4.69) is 103 Å². The highest BCUT2D eigenvalue weighted by molar-refractivity contribution is 6.00. The molecular weight excluding hydrogens is 366 g/mol. The molecule has 30 heavy (non-hydrogen) atoms. The summed E-state index contributed by atoms with van der Waals surface area (Å²) in [5.41, 5.74) is 5.76. The summed E-state index contributed by atoms with van der Waals surface area (Å²) in [5.74, 6) is 0.205. The largest absolute Gasteiger partial charge is 0.334 e. The van der Waals surface area contributed by atoms with Gasteiger partial charge in [-0.3, -0.25) is 4.79 Å². The Labute approximate surface area is 178 Å². The van der Waals surface area contributed by atoms with Gasteiger partial charge >= 0.3 is 0 Å². The first kappa shape index (κ1) is 18.9. The summed E-state index contributed by atoms with van der Waals surface area (Å²) in [7, 11) is 0. The molecule has 1 atom stereocenters. The van der Waals surface area contributed by atoms with Gasteiger partial charge in [0.2, 0.25) is 5.91 Å². The summed E-state index contributed by atoms with van der Waals surface area (Å²) in [6.45, 7) is 2.83. The van der Waals surface area contributed by atoms with Crippen LogP contribution in [0.1, 0.15) is 41.5 Å². The number of hydrogen-bond acceptors (Lipinski definition) is 1. The molecule has 0 saturated carbocycles. The van der Waals surface area contributed by atoms with Gasteiger partial charge in [0.25, 0.3) is 0 Å². The first-order valence-corrected chi connectivity index (χ1v) is 10.8. The zero-order valence-electron chi connectivity index (χ0n) is 17.4. The summed E-state index contributed by atoms with van der Waals surface area (Å²) in [4.78, 5) is 15.6. The number of hydrogen-bond donors (Lipinski definition) is 0. The van der Waals surface area contributed by atoms with Gasteiger partial charge in [-0.05, 0) is 49.0 Å². The minimum absolute atomic E-state index is 0.145. The summed E-state index contributed by atoms with van der Waals surface area (Å²) >= 11 is 0. The van der Waals surface area contributed by atoms with E-state index in [-0.39, 0.29) is 11.3 Å². The first-order chi connectivity index (χ1) is 14.7. The fraction of sp³-hybridized carbons (Fsp3) is 0.250. The lowest BCUT2D eigenvalue weighted by atomic mass is 9.68. The normalized spacial score (nSPS) is 21.6. The number of carbonyl (C=O) groups is 1. The lowest BCUT2D eigenvalue weighted by Gasteiger charge is -2.45. The Morgan fingerprint density at radius 3 is 2.07 bits per heavy atom. The third kappa shape index (κ3) is 3.27. The molecule has 2 heteroatoms. The fourth-order valence-corrected chi connectivity index (χ4v) is 5.18. The molecule has 0 bridgehead atoms. The number of carbonyl (C=O) groups excluding carboxylic acids is 1. The first-order valence-electron chi connectivity index (χ1n) is 10.8. The Bertz CT molecular complexity index is 1030. The van der Waals surface area contributed by atoms with E-state index in [9.17, 15) is 4.79 Å². The van der Waals surface area contributed by atoms with Gasteiger partial charge in [-0.25, -0.2) is 0 Å². The lowest BCUT2D eigenvalue weighted by molar-refractivity contribution is -0.128. The standard InChI is InChI=1S/C28H27NO/c1-21-12-14-22(15-13-21)18-23-19-26-16-17-28(20-29(26)27(23)30,24-8-4-2-5-9-24)25-10-6-3-7-11-25/h2-15,18,26H,16-17,19-20H2,1H3/b23-18-/t26-/m1/s1. The molecule has 150 valence electrons. The molecule has 3 aromatic carbocycles. The van der Waals surface area contributed by atoms with Crippen molar-refractivity contribution in [3.8, 4) is 0 Å². The van der Waals surface area contributed by atoms with Crippen LogP contribution in [0.4, 0.5) is 0 Å². The fourth-order valence-electron chi connectivity index (χ4n) is 5.18. The van der Waals surface area contributed by atoms with Crippen LogP contribution < -0.4 is 0 Å². The van der Waals surface area contributed by atoms with Crippen molar-refractivity contribution in [2.75, 3.05) is 6.54 Å². The van der Waals surface area contributed by atoms with Crippen molar-refractivity contribution in [1.29, 1.82) is 0 Å². The predicted molar refractivity (Wildman–Crippen MR) is 122 cm³/mol. The van der Waals surface area contributed by atoms with E-state index >= 15 is 0 Å². The average molecular weight is 394 g/mol. The molecule has 3 aromatic rings. The molecule has 2 aliphatic rings. The van der Waals surface area contributed by atoms with Gasteiger partial charge in [0.05, 0.1) is 0 Å². The van der Waals surface area contributed by atoms with Gasteiger partial charge < -0.3 is 4.90 Å². The topological polar surface area (TPSA) is 20.3 Å². The molecular formula is C28H27NO. The molecule has 0 unspecified atom stereocenters. The quantitative estimate of drug-likeness (QED) is 0.518. The minimum Gasteiger partial charge on any atom is -0.334 e. The Morgan fingerprint density at radius 1 is 0.867 bits per heavy atom. The maximum Gasteiger partial charge on any atom is 0.250 e. The molecule has 2 saturated heterocycles. The van der Waals surface area contributed by atoms with Crippen LogP contribution >= 0.6 is 0 Å². The number of nitrogens with zero attached hydrogens (tertiary/aromatic N) is 1. The summed E-state index contributed by atoms with van der Waals surface area (Å²) in [6, 6.07) is 30.2. The van der Waals surface area contributed by atoms with E-state index in [0.29, 0.717) is 6.04 Å². The third-order valence-corrected chi connectivity index (χ3v) is 6.85. The van der Waals surface area contributed by atoms with E-state index in [4.69, 9.17) is 0 Å². The van der Waals surface area contributed by atoms with Crippen LogP contribution in [0.3, 0.4) is 0 Å².